The molecule has 2 aromatic heterocycles. The van der Waals surface area contributed by atoms with Crippen molar-refractivity contribution in [1.29, 1.82) is 0 Å². The fraction of sp³-hybridized carbons (Fsp3) is 0.350. The van der Waals surface area contributed by atoms with Gasteiger partial charge in [-0.15, -0.1) is 0 Å². The number of benzene rings is 1. The highest BCUT2D eigenvalue weighted by atomic mass is 32.2. The minimum atomic E-state index is -3.60. The predicted octanol–water partition coefficient (Wildman–Crippen LogP) is 2.10. The van der Waals surface area contributed by atoms with E-state index in [1.807, 2.05) is 39.0 Å². The molecular weight excluding hydrogens is 388 g/mol. The smallest absolute Gasteiger partial charge is 0.243 e. The number of anilines is 1. The van der Waals surface area contributed by atoms with Gasteiger partial charge in [0.2, 0.25) is 10.0 Å². The molecule has 0 bridgehead atoms. The maximum Gasteiger partial charge on any atom is 0.243 e. The molecule has 0 amide bonds. The highest BCUT2D eigenvalue weighted by molar-refractivity contribution is 7.89. The molecule has 29 heavy (non-hydrogen) atoms. The second kappa shape index (κ2) is 7.57. The summed E-state index contributed by atoms with van der Waals surface area (Å²) in [4.78, 5) is 11.1. The van der Waals surface area contributed by atoms with E-state index in [1.54, 1.807) is 33.8 Å². The van der Waals surface area contributed by atoms with Crippen LogP contribution >= 0.6 is 0 Å². The van der Waals surface area contributed by atoms with E-state index in [1.165, 1.54) is 0 Å². The Hall–Kier alpha value is -2.78. The molecule has 4 rings (SSSR count). The third-order valence-electron chi connectivity index (χ3n) is 5.41. The van der Waals surface area contributed by atoms with Crippen LogP contribution in [0.3, 0.4) is 0 Å². The summed E-state index contributed by atoms with van der Waals surface area (Å²) in [7, 11) is -3.60. The van der Waals surface area contributed by atoms with Gasteiger partial charge < -0.3 is 4.90 Å². The van der Waals surface area contributed by atoms with Crippen LogP contribution in [0.25, 0.3) is 5.69 Å². The SMILES string of the molecule is Cc1ccc(-n2cccn2)cc1S(=O)(=O)N1CCN(c2ncnc(C)c2C)CC1. The van der Waals surface area contributed by atoms with Gasteiger partial charge in [0.1, 0.15) is 12.1 Å². The second-order valence-electron chi connectivity index (χ2n) is 7.20. The summed E-state index contributed by atoms with van der Waals surface area (Å²) >= 11 is 0. The van der Waals surface area contributed by atoms with Crippen molar-refractivity contribution in [3.8, 4) is 5.69 Å². The zero-order chi connectivity index (χ0) is 20.6. The predicted molar refractivity (Wildman–Crippen MR) is 111 cm³/mol. The van der Waals surface area contributed by atoms with Crippen LogP contribution < -0.4 is 4.90 Å². The summed E-state index contributed by atoms with van der Waals surface area (Å²) in [5, 5.41) is 4.20. The van der Waals surface area contributed by atoms with E-state index >= 15 is 0 Å². The van der Waals surface area contributed by atoms with Gasteiger partial charge in [-0.1, -0.05) is 6.07 Å². The summed E-state index contributed by atoms with van der Waals surface area (Å²) in [5.41, 5.74) is 3.43. The van der Waals surface area contributed by atoms with Crippen molar-refractivity contribution in [3.05, 3.63) is 59.8 Å². The highest BCUT2D eigenvalue weighted by Crippen LogP contribution is 2.26. The molecule has 0 radical (unpaired) electrons. The van der Waals surface area contributed by atoms with Gasteiger partial charge in [0, 0.05) is 49.8 Å². The molecule has 0 N–H and O–H groups in total. The molecule has 1 saturated heterocycles. The van der Waals surface area contributed by atoms with Crippen molar-refractivity contribution in [1.82, 2.24) is 24.1 Å². The fourth-order valence-electron chi connectivity index (χ4n) is 3.55. The molecule has 0 spiro atoms. The summed E-state index contributed by atoms with van der Waals surface area (Å²) in [5.74, 6) is 0.881. The first kappa shape index (κ1) is 19.5. The third-order valence-corrected chi connectivity index (χ3v) is 7.45. The average Bonchev–Trinajstić information content (AvgIpc) is 3.25. The lowest BCUT2D eigenvalue weighted by molar-refractivity contribution is 0.383. The molecule has 1 aromatic carbocycles. The van der Waals surface area contributed by atoms with Gasteiger partial charge in [0.25, 0.3) is 0 Å². The first-order chi connectivity index (χ1) is 13.9. The molecule has 152 valence electrons. The lowest BCUT2D eigenvalue weighted by Gasteiger charge is -2.35. The summed E-state index contributed by atoms with van der Waals surface area (Å²) in [6.45, 7) is 7.78. The first-order valence-electron chi connectivity index (χ1n) is 9.52. The van der Waals surface area contributed by atoms with E-state index in [0.29, 0.717) is 31.1 Å². The van der Waals surface area contributed by atoms with E-state index in [-0.39, 0.29) is 0 Å². The molecule has 0 unspecified atom stereocenters. The van der Waals surface area contributed by atoms with Gasteiger partial charge in [0.15, 0.2) is 0 Å². The summed E-state index contributed by atoms with van der Waals surface area (Å²) in [6, 6.07) is 7.21. The molecular formula is C20H24N6O2S. The van der Waals surface area contributed by atoms with Crippen molar-refractivity contribution in [2.75, 3.05) is 31.1 Å². The third kappa shape index (κ3) is 3.63. The van der Waals surface area contributed by atoms with Gasteiger partial charge in [-0.05, 0) is 44.5 Å². The van der Waals surface area contributed by atoms with Crippen LogP contribution in [0.15, 0.2) is 47.9 Å². The highest BCUT2D eigenvalue weighted by Gasteiger charge is 2.30. The van der Waals surface area contributed by atoms with Crippen LogP contribution in [0, 0.1) is 20.8 Å². The molecule has 1 aliphatic heterocycles. The molecule has 1 aliphatic rings. The van der Waals surface area contributed by atoms with E-state index < -0.39 is 10.0 Å². The molecule has 0 aliphatic carbocycles. The van der Waals surface area contributed by atoms with Crippen LogP contribution in [0.1, 0.15) is 16.8 Å². The minimum Gasteiger partial charge on any atom is -0.354 e. The summed E-state index contributed by atoms with van der Waals surface area (Å²) < 4.78 is 29.9. The van der Waals surface area contributed by atoms with Crippen LogP contribution in [-0.4, -0.2) is 58.7 Å². The lowest BCUT2D eigenvalue weighted by atomic mass is 10.2. The van der Waals surface area contributed by atoms with Gasteiger partial charge in [-0.25, -0.2) is 23.1 Å². The molecule has 8 nitrogen and oxygen atoms in total. The quantitative estimate of drug-likeness (QED) is 0.653. The Morgan fingerprint density at radius 3 is 2.45 bits per heavy atom. The van der Waals surface area contributed by atoms with Crippen LogP contribution in [0.2, 0.25) is 0 Å². The van der Waals surface area contributed by atoms with Crippen molar-refractivity contribution >= 4 is 15.8 Å². The van der Waals surface area contributed by atoms with Crippen LogP contribution in [0.4, 0.5) is 5.82 Å². The fourth-order valence-corrected chi connectivity index (χ4v) is 5.22. The molecule has 0 saturated carbocycles. The Balaban J connectivity index is 1.57. The number of sulfonamides is 1. The topological polar surface area (TPSA) is 84.2 Å². The standard InChI is InChI=1S/C20H24N6O2S/c1-15-5-6-18(26-8-4-7-23-26)13-19(15)29(27,28)25-11-9-24(10-12-25)20-16(2)17(3)21-14-22-20/h4-8,13-14H,9-12H2,1-3H3. The van der Waals surface area contributed by atoms with E-state index in [2.05, 4.69) is 20.0 Å². The monoisotopic (exact) mass is 412 g/mol. The maximum absolute atomic E-state index is 13.3. The first-order valence-corrected chi connectivity index (χ1v) is 11.0. The molecule has 9 heteroatoms. The van der Waals surface area contributed by atoms with Gasteiger partial charge in [0.05, 0.1) is 10.6 Å². The van der Waals surface area contributed by atoms with Crippen molar-refractivity contribution in [3.63, 3.8) is 0 Å². The second-order valence-corrected chi connectivity index (χ2v) is 9.11. The van der Waals surface area contributed by atoms with E-state index in [9.17, 15) is 8.42 Å². The van der Waals surface area contributed by atoms with Crippen molar-refractivity contribution in [2.24, 2.45) is 0 Å². The van der Waals surface area contributed by atoms with Crippen molar-refractivity contribution < 1.29 is 8.42 Å². The van der Waals surface area contributed by atoms with E-state index in [0.717, 1.165) is 28.3 Å². The molecule has 0 atom stereocenters. The lowest BCUT2D eigenvalue weighted by Crippen LogP contribution is -2.49. The average molecular weight is 413 g/mol. The largest absolute Gasteiger partial charge is 0.354 e. The zero-order valence-electron chi connectivity index (χ0n) is 16.8. The Morgan fingerprint density at radius 2 is 1.76 bits per heavy atom. The Labute approximate surface area is 170 Å². The van der Waals surface area contributed by atoms with Gasteiger partial charge in [-0.2, -0.15) is 9.40 Å². The molecule has 3 aromatic rings. The van der Waals surface area contributed by atoms with Gasteiger partial charge >= 0.3 is 0 Å². The Kier molecular flexibility index (Phi) is 5.10. The number of hydrogen-bond donors (Lipinski definition) is 0. The minimum absolute atomic E-state index is 0.327. The number of piperazine rings is 1. The van der Waals surface area contributed by atoms with Crippen LogP contribution in [-0.2, 0) is 10.0 Å². The number of hydrogen-bond acceptors (Lipinski definition) is 6. The zero-order valence-corrected chi connectivity index (χ0v) is 17.6. The Bertz CT molecular complexity index is 1120. The molecule has 3 heterocycles. The number of rotatable bonds is 4. The van der Waals surface area contributed by atoms with Gasteiger partial charge in [-0.3, -0.25) is 0 Å². The maximum atomic E-state index is 13.3. The van der Waals surface area contributed by atoms with E-state index in [4.69, 9.17) is 0 Å². The van der Waals surface area contributed by atoms with Crippen molar-refractivity contribution in [2.45, 2.75) is 25.7 Å². The number of aromatic nitrogens is 4. The normalized spacial score (nSPS) is 15.6. The number of aryl methyl sites for hydroxylation is 2. The molecule has 1 fully saturated rings. The summed E-state index contributed by atoms with van der Waals surface area (Å²) in [6.07, 6.45) is 5.03. The number of nitrogens with zero attached hydrogens (tertiary/aromatic N) is 6. The Morgan fingerprint density at radius 1 is 1.00 bits per heavy atom. The van der Waals surface area contributed by atoms with Crippen LogP contribution in [0.5, 0.6) is 0 Å².